The minimum atomic E-state index is -0.798. The van der Waals surface area contributed by atoms with E-state index in [0.29, 0.717) is 24.7 Å². The summed E-state index contributed by atoms with van der Waals surface area (Å²) in [6.07, 6.45) is 12.3. The standard InChI is InChI=1S/C24H44O5/c1-18-3-7-20(8-4-18)11-13-23(26)28-16-22(15-25)17-29-24(27)14-12-21-9-5-19(2)6-10-21/h18-23,25-26H,3-17H2,1-2H3. The molecule has 0 amide bonds. The van der Waals surface area contributed by atoms with Gasteiger partial charge in [-0.05, 0) is 42.9 Å². The van der Waals surface area contributed by atoms with E-state index in [9.17, 15) is 15.0 Å². The molecule has 0 bridgehead atoms. The molecule has 2 fully saturated rings. The molecule has 0 saturated heterocycles. The van der Waals surface area contributed by atoms with Crippen LogP contribution in [0.3, 0.4) is 0 Å². The molecule has 5 nitrogen and oxygen atoms in total. The maximum Gasteiger partial charge on any atom is 0.305 e. The minimum Gasteiger partial charge on any atom is -0.465 e. The number of aliphatic hydroxyl groups is 2. The van der Waals surface area contributed by atoms with E-state index < -0.39 is 6.29 Å². The Kier molecular flexibility index (Phi) is 11.6. The summed E-state index contributed by atoms with van der Waals surface area (Å²) in [5.74, 6) is 2.55. The highest BCUT2D eigenvalue weighted by Crippen LogP contribution is 2.32. The molecule has 5 heteroatoms. The van der Waals surface area contributed by atoms with Crippen molar-refractivity contribution >= 4 is 5.97 Å². The Bertz CT molecular complexity index is 439. The van der Waals surface area contributed by atoms with E-state index in [1.807, 2.05) is 0 Å². The van der Waals surface area contributed by atoms with Crippen molar-refractivity contribution in [2.45, 2.75) is 97.2 Å². The molecule has 0 spiro atoms. The molecular weight excluding hydrogens is 368 g/mol. The predicted molar refractivity (Wildman–Crippen MR) is 114 cm³/mol. The molecule has 0 aromatic rings. The van der Waals surface area contributed by atoms with Crippen LogP contribution in [-0.2, 0) is 14.3 Å². The molecule has 29 heavy (non-hydrogen) atoms. The molecule has 2 rings (SSSR count). The van der Waals surface area contributed by atoms with Gasteiger partial charge in [0.2, 0.25) is 0 Å². The molecule has 0 heterocycles. The Labute approximate surface area is 177 Å². The van der Waals surface area contributed by atoms with E-state index in [1.54, 1.807) is 0 Å². The molecule has 2 atom stereocenters. The fraction of sp³-hybridized carbons (Fsp3) is 0.958. The lowest BCUT2D eigenvalue weighted by atomic mass is 9.81. The number of aliphatic hydroxyl groups excluding tert-OH is 2. The van der Waals surface area contributed by atoms with Crippen LogP contribution in [0.5, 0.6) is 0 Å². The van der Waals surface area contributed by atoms with E-state index in [-0.39, 0.29) is 31.7 Å². The predicted octanol–water partition coefficient (Wildman–Crippen LogP) is 4.69. The third-order valence-corrected chi connectivity index (χ3v) is 7.11. The summed E-state index contributed by atoms with van der Waals surface area (Å²) in [6, 6.07) is 0. The van der Waals surface area contributed by atoms with Crippen LogP contribution in [0.1, 0.15) is 90.9 Å². The quantitative estimate of drug-likeness (QED) is 0.359. The van der Waals surface area contributed by atoms with Crippen molar-refractivity contribution in [1.82, 2.24) is 0 Å². The van der Waals surface area contributed by atoms with Crippen LogP contribution in [0, 0.1) is 29.6 Å². The van der Waals surface area contributed by atoms with Gasteiger partial charge in [0, 0.05) is 12.3 Å². The van der Waals surface area contributed by atoms with Gasteiger partial charge in [-0.3, -0.25) is 4.79 Å². The van der Waals surface area contributed by atoms with Crippen molar-refractivity contribution in [2.75, 3.05) is 19.8 Å². The molecule has 2 aliphatic rings. The third-order valence-electron chi connectivity index (χ3n) is 7.11. The first-order valence-electron chi connectivity index (χ1n) is 12.0. The Morgan fingerprint density at radius 3 is 2.00 bits per heavy atom. The van der Waals surface area contributed by atoms with Crippen LogP contribution >= 0.6 is 0 Å². The zero-order chi connectivity index (χ0) is 21.1. The number of hydrogen-bond acceptors (Lipinski definition) is 5. The fourth-order valence-corrected chi connectivity index (χ4v) is 4.70. The second-order valence-corrected chi connectivity index (χ2v) is 9.89. The van der Waals surface area contributed by atoms with Gasteiger partial charge in [-0.25, -0.2) is 0 Å². The summed E-state index contributed by atoms with van der Waals surface area (Å²) in [5.41, 5.74) is 0. The Morgan fingerprint density at radius 2 is 1.45 bits per heavy atom. The van der Waals surface area contributed by atoms with Gasteiger partial charge in [-0.15, -0.1) is 0 Å². The van der Waals surface area contributed by atoms with Crippen molar-refractivity contribution in [3.63, 3.8) is 0 Å². The molecule has 0 aromatic carbocycles. The first-order valence-corrected chi connectivity index (χ1v) is 12.0. The van der Waals surface area contributed by atoms with Gasteiger partial charge in [0.25, 0.3) is 0 Å². The zero-order valence-electron chi connectivity index (χ0n) is 18.7. The van der Waals surface area contributed by atoms with Gasteiger partial charge in [-0.1, -0.05) is 65.2 Å². The van der Waals surface area contributed by atoms with Crippen LogP contribution in [0.25, 0.3) is 0 Å². The van der Waals surface area contributed by atoms with Gasteiger partial charge >= 0.3 is 5.97 Å². The lowest BCUT2D eigenvalue weighted by Gasteiger charge is -2.27. The summed E-state index contributed by atoms with van der Waals surface area (Å²) in [6.45, 7) is 4.87. The molecule has 0 radical (unpaired) electrons. The molecule has 0 aliphatic heterocycles. The summed E-state index contributed by atoms with van der Waals surface area (Å²) in [7, 11) is 0. The number of esters is 1. The normalized spacial score (nSPS) is 29.9. The van der Waals surface area contributed by atoms with E-state index >= 15 is 0 Å². The average Bonchev–Trinajstić information content (AvgIpc) is 2.73. The SMILES string of the molecule is CC1CCC(CCC(=O)OCC(CO)COC(O)CCC2CCC(C)CC2)CC1. The number of carbonyl (C=O) groups is 1. The molecule has 170 valence electrons. The van der Waals surface area contributed by atoms with E-state index in [0.717, 1.165) is 24.7 Å². The first kappa shape index (κ1) is 24.6. The molecular formula is C24H44O5. The van der Waals surface area contributed by atoms with E-state index in [1.165, 1.54) is 51.4 Å². The van der Waals surface area contributed by atoms with E-state index in [2.05, 4.69) is 13.8 Å². The largest absolute Gasteiger partial charge is 0.465 e. The number of hydrogen-bond donors (Lipinski definition) is 2. The lowest BCUT2D eigenvalue weighted by molar-refractivity contribution is -0.150. The van der Waals surface area contributed by atoms with Crippen LogP contribution in [0.4, 0.5) is 0 Å². The highest BCUT2D eigenvalue weighted by Gasteiger charge is 2.21. The maximum absolute atomic E-state index is 12.0. The van der Waals surface area contributed by atoms with Gasteiger partial charge in [0.1, 0.15) is 0 Å². The van der Waals surface area contributed by atoms with Gasteiger partial charge < -0.3 is 19.7 Å². The van der Waals surface area contributed by atoms with Crippen molar-refractivity contribution in [2.24, 2.45) is 29.6 Å². The summed E-state index contributed by atoms with van der Waals surface area (Å²) < 4.78 is 10.9. The number of carbonyl (C=O) groups excluding carboxylic acids is 1. The Hall–Kier alpha value is -0.650. The second-order valence-electron chi connectivity index (χ2n) is 9.89. The van der Waals surface area contributed by atoms with E-state index in [4.69, 9.17) is 9.47 Å². The van der Waals surface area contributed by atoms with Crippen LogP contribution < -0.4 is 0 Å². The summed E-state index contributed by atoms with van der Waals surface area (Å²) in [4.78, 5) is 12.0. The number of rotatable bonds is 12. The summed E-state index contributed by atoms with van der Waals surface area (Å²) in [5, 5.41) is 19.6. The highest BCUT2D eigenvalue weighted by atomic mass is 16.6. The second kappa shape index (κ2) is 13.6. The Balaban J connectivity index is 1.52. The molecule has 2 aliphatic carbocycles. The fourth-order valence-electron chi connectivity index (χ4n) is 4.70. The van der Waals surface area contributed by atoms with Gasteiger partial charge in [0.15, 0.2) is 6.29 Å². The topological polar surface area (TPSA) is 76.0 Å². The Morgan fingerprint density at radius 1 is 0.897 bits per heavy atom. The van der Waals surface area contributed by atoms with Gasteiger partial charge in [0.05, 0.1) is 19.8 Å². The minimum absolute atomic E-state index is 0.110. The third kappa shape index (κ3) is 10.3. The molecule has 2 saturated carbocycles. The van der Waals surface area contributed by atoms with Crippen LogP contribution in [0.15, 0.2) is 0 Å². The molecule has 2 unspecified atom stereocenters. The monoisotopic (exact) mass is 412 g/mol. The lowest BCUT2D eigenvalue weighted by Crippen LogP contribution is -2.26. The zero-order valence-corrected chi connectivity index (χ0v) is 18.7. The van der Waals surface area contributed by atoms with Gasteiger partial charge in [-0.2, -0.15) is 0 Å². The van der Waals surface area contributed by atoms with Crippen molar-refractivity contribution < 1.29 is 24.5 Å². The van der Waals surface area contributed by atoms with Crippen molar-refractivity contribution in [3.05, 3.63) is 0 Å². The molecule has 2 N–H and O–H groups in total. The smallest absolute Gasteiger partial charge is 0.305 e. The van der Waals surface area contributed by atoms with Crippen LogP contribution in [0.2, 0.25) is 0 Å². The average molecular weight is 413 g/mol. The molecule has 0 aromatic heterocycles. The van der Waals surface area contributed by atoms with Crippen molar-refractivity contribution in [1.29, 1.82) is 0 Å². The first-order chi connectivity index (χ1) is 14.0. The van der Waals surface area contributed by atoms with Crippen molar-refractivity contribution in [3.8, 4) is 0 Å². The number of ether oxygens (including phenoxy) is 2. The summed E-state index contributed by atoms with van der Waals surface area (Å²) >= 11 is 0. The highest BCUT2D eigenvalue weighted by molar-refractivity contribution is 5.69. The van der Waals surface area contributed by atoms with Crippen LogP contribution in [-0.4, -0.2) is 42.3 Å². The maximum atomic E-state index is 12.0.